The van der Waals surface area contributed by atoms with Crippen LogP contribution in [0.5, 0.6) is 0 Å². The quantitative estimate of drug-likeness (QED) is 0.740. The Morgan fingerprint density at radius 1 is 1.15 bits per heavy atom. The zero-order chi connectivity index (χ0) is 19.7. The molecule has 0 bridgehead atoms. The van der Waals surface area contributed by atoms with Gasteiger partial charge in [0.15, 0.2) is 0 Å². The molecular formula is C22H31NO4. The lowest BCUT2D eigenvalue weighted by Crippen LogP contribution is -2.50. The lowest BCUT2D eigenvalue weighted by Gasteiger charge is -2.47. The first kappa shape index (κ1) is 19.9. The van der Waals surface area contributed by atoms with Crippen LogP contribution in [-0.2, 0) is 25.6 Å². The van der Waals surface area contributed by atoms with Gasteiger partial charge in [0.05, 0.1) is 18.4 Å². The lowest BCUT2D eigenvalue weighted by atomic mass is 9.57. The van der Waals surface area contributed by atoms with Crippen LogP contribution >= 0.6 is 0 Å². The number of benzene rings is 1. The van der Waals surface area contributed by atoms with Gasteiger partial charge in [-0.1, -0.05) is 30.3 Å². The highest BCUT2D eigenvalue weighted by molar-refractivity contribution is 5.78. The molecule has 27 heavy (non-hydrogen) atoms. The summed E-state index contributed by atoms with van der Waals surface area (Å²) in [6, 6.07) is 10.3. The fraction of sp³-hybridized carbons (Fsp3) is 0.636. The monoisotopic (exact) mass is 373 g/mol. The molecule has 5 heteroatoms. The minimum Gasteiger partial charge on any atom is -0.466 e. The van der Waals surface area contributed by atoms with Crippen LogP contribution in [0.15, 0.2) is 30.3 Å². The largest absolute Gasteiger partial charge is 0.466 e. The molecule has 1 saturated carbocycles. The van der Waals surface area contributed by atoms with Crippen molar-refractivity contribution in [2.45, 2.75) is 52.7 Å². The summed E-state index contributed by atoms with van der Waals surface area (Å²) < 4.78 is 10.9. The van der Waals surface area contributed by atoms with E-state index in [2.05, 4.69) is 17.0 Å². The molecule has 1 spiro atoms. The average molecular weight is 373 g/mol. The van der Waals surface area contributed by atoms with Gasteiger partial charge in [-0.2, -0.15) is 0 Å². The van der Waals surface area contributed by atoms with Gasteiger partial charge in [0.1, 0.15) is 5.60 Å². The van der Waals surface area contributed by atoms with E-state index in [-0.39, 0.29) is 29.2 Å². The summed E-state index contributed by atoms with van der Waals surface area (Å²) in [7, 11) is 0. The van der Waals surface area contributed by atoms with E-state index >= 15 is 0 Å². The van der Waals surface area contributed by atoms with Crippen molar-refractivity contribution in [3.63, 3.8) is 0 Å². The summed E-state index contributed by atoms with van der Waals surface area (Å²) in [5, 5.41) is 0. The highest BCUT2D eigenvalue weighted by Crippen LogP contribution is 2.55. The molecule has 1 heterocycles. The Hall–Kier alpha value is -1.88. The molecule has 3 rings (SSSR count). The number of hydrogen-bond acceptors (Lipinski definition) is 5. The van der Waals surface area contributed by atoms with Crippen LogP contribution in [0.4, 0.5) is 0 Å². The molecule has 148 valence electrons. The van der Waals surface area contributed by atoms with Crippen LogP contribution in [0, 0.1) is 17.3 Å². The summed E-state index contributed by atoms with van der Waals surface area (Å²) >= 11 is 0. The first-order valence-corrected chi connectivity index (χ1v) is 9.88. The number of rotatable bonds is 5. The van der Waals surface area contributed by atoms with E-state index in [1.54, 1.807) is 0 Å². The predicted molar refractivity (Wildman–Crippen MR) is 103 cm³/mol. The van der Waals surface area contributed by atoms with Crippen molar-refractivity contribution < 1.29 is 19.1 Å². The molecule has 5 nitrogen and oxygen atoms in total. The molecule has 2 fully saturated rings. The molecule has 1 atom stereocenters. The number of ether oxygens (including phenoxy) is 2. The highest BCUT2D eigenvalue weighted by atomic mass is 16.6. The Morgan fingerprint density at radius 2 is 1.81 bits per heavy atom. The van der Waals surface area contributed by atoms with Gasteiger partial charge in [0.2, 0.25) is 0 Å². The molecule has 1 unspecified atom stereocenters. The third-order valence-electron chi connectivity index (χ3n) is 5.58. The van der Waals surface area contributed by atoms with Gasteiger partial charge >= 0.3 is 11.9 Å². The number of likely N-dealkylation sites (tertiary alicyclic amines) is 1. The minimum absolute atomic E-state index is 0.113. The van der Waals surface area contributed by atoms with Crippen molar-refractivity contribution in [3.05, 3.63) is 35.9 Å². The van der Waals surface area contributed by atoms with Crippen LogP contribution in [-0.4, -0.2) is 42.1 Å². The van der Waals surface area contributed by atoms with Crippen LogP contribution in [0.1, 0.15) is 46.1 Å². The number of carbonyl (C=O) groups excluding carboxylic acids is 2. The number of hydrogen-bond donors (Lipinski definition) is 0. The zero-order valence-corrected chi connectivity index (χ0v) is 16.9. The maximum atomic E-state index is 12.6. The first-order valence-electron chi connectivity index (χ1n) is 9.88. The lowest BCUT2D eigenvalue weighted by molar-refractivity contribution is -0.174. The average Bonchev–Trinajstić information content (AvgIpc) is 2.92. The molecule has 0 N–H and O–H groups in total. The van der Waals surface area contributed by atoms with E-state index in [9.17, 15) is 9.59 Å². The second kappa shape index (κ2) is 7.63. The third-order valence-corrected chi connectivity index (χ3v) is 5.58. The molecule has 1 aliphatic carbocycles. The smallest absolute Gasteiger partial charge is 0.310 e. The first-order chi connectivity index (χ1) is 12.7. The van der Waals surface area contributed by atoms with Crippen molar-refractivity contribution in [2.24, 2.45) is 17.3 Å². The molecule has 2 aliphatic rings. The van der Waals surface area contributed by atoms with Gasteiger partial charge in [-0.05, 0) is 51.5 Å². The summed E-state index contributed by atoms with van der Waals surface area (Å²) in [4.78, 5) is 27.3. The molecule has 1 saturated heterocycles. The second-order valence-electron chi connectivity index (χ2n) is 8.96. The Labute approximate surface area is 162 Å². The maximum absolute atomic E-state index is 12.6. The number of esters is 2. The molecular weight excluding hydrogens is 342 g/mol. The Bertz CT molecular complexity index is 673. The Balaban J connectivity index is 1.68. The van der Waals surface area contributed by atoms with E-state index in [0.717, 1.165) is 13.1 Å². The van der Waals surface area contributed by atoms with Gasteiger partial charge in [-0.25, -0.2) is 0 Å². The van der Waals surface area contributed by atoms with E-state index in [1.807, 2.05) is 45.9 Å². The van der Waals surface area contributed by atoms with Gasteiger partial charge in [0.25, 0.3) is 0 Å². The van der Waals surface area contributed by atoms with Crippen molar-refractivity contribution in [3.8, 4) is 0 Å². The fourth-order valence-corrected chi connectivity index (χ4v) is 4.49. The topological polar surface area (TPSA) is 55.8 Å². The standard InChI is InChI=1S/C22H31NO4/c1-5-26-20(25)18-14-23(13-16-9-7-6-8-10-16)15-22(18)11-17(12-22)19(24)27-21(2,3)4/h6-10,17-18H,5,11-15H2,1-4H3. The van der Waals surface area contributed by atoms with Crippen molar-refractivity contribution in [2.75, 3.05) is 19.7 Å². The third kappa shape index (κ3) is 4.52. The maximum Gasteiger partial charge on any atom is 0.310 e. The molecule has 0 radical (unpaired) electrons. The van der Waals surface area contributed by atoms with Crippen molar-refractivity contribution >= 4 is 11.9 Å². The van der Waals surface area contributed by atoms with E-state index in [1.165, 1.54) is 5.56 Å². The molecule has 0 aromatic heterocycles. The summed E-state index contributed by atoms with van der Waals surface area (Å²) in [6.45, 7) is 10.2. The Morgan fingerprint density at radius 3 is 2.41 bits per heavy atom. The highest BCUT2D eigenvalue weighted by Gasteiger charge is 2.59. The normalized spacial score (nSPS) is 28.0. The Kier molecular flexibility index (Phi) is 5.61. The minimum atomic E-state index is -0.477. The van der Waals surface area contributed by atoms with E-state index < -0.39 is 5.60 Å². The van der Waals surface area contributed by atoms with E-state index in [0.29, 0.717) is 26.0 Å². The molecule has 1 aliphatic heterocycles. The molecule has 1 aromatic carbocycles. The SMILES string of the molecule is CCOC(=O)C1CN(Cc2ccccc2)CC12CC(C(=O)OC(C)(C)C)C2. The number of nitrogens with zero attached hydrogens (tertiary/aromatic N) is 1. The molecule has 1 aromatic rings. The molecule has 0 amide bonds. The van der Waals surface area contributed by atoms with Gasteiger partial charge in [-0.3, -0.25) is 14.5 Å². The van der Waals surface area contributed by atoms with Gasteiger partial charge < -0.3 is 9.47 Å². The number of carbonyl (C=O) groups is 2. The second-order valence-corrected chi connectivity index (χ2v) is 8.96. The van der Waals surface area contributed by atoms with Crippen LogP contribution in [0.3, 0.4) is 0 Å². The van der Waals surface area contributed by atoms with E-state index in [4.69, 9.17) is 9.47 Å². The van der Waals surface area contributed by atoms with Crippen molar-refractivity contribution in [1.82, 2.24) is 4.90 Å². The predicted octanol–water partition coefficient (Wildman–Crippen LogP) is 3.42. The fourth-order valence-electron chi connectivity index (χ4n) is 4.49. The van der Waals surface area contributed by atoms with Crippen LogP contribution < -0.4 is 0 Å². The summed E-state index contributed by atoms with van der Waals surface area (Å²) in [5.74, 6) is -0.550. The van der Waals surface area contributed by atoms with Gasteiger partial charge in [-0.15, -0.1) is 0 Å². The summed E-state index contributed by atoms with van der Waals surface area (Å²) in [5.41, 5.74) is 0.595. The van der Waals surface area contributed by atoms with Crippen LogP contribution in [0.25, 0.3) is 0 Å². The van der Waals surface area contributed by atoms with Crippen LogP contribution in [0.2, 0.25) is 0 Å². The van der Waals surface area contributed by atoms with Gasteiger partial charge in [0, 0.05) is 19.6 Å². The zero-order valence-electron chi connectivity index (χ0n) is 16.9. The summed E-state index contributed by atoms with van der Waals surface area (Å²) in [6.07, 6.45) is 1.41. The van der Waals surface area contributed by atoms with Crippen molar-refractivity contribution in [1.29, 1.82) is 0 Å².